The highest BCUT2D eigenvalue weighted by Crippen LogP contribution is 2.38. The van der Waals surface area contributed by atoms with Gasteiger partial charge in [0, 0.05) is 26.2 Å². The Morgan fingerprint density at radius 1 is 0.970 bits per heavy atom. The van der Waals surface area contributed by atoms with Gasteiger partial charge >= 0.3 is 0 Å². The molecule has 1 saturated heterocycles. The molecule has 5 rings (SSSR count). The molecule has 0 unspecified atom stereocenters. The van der Waals surface area contributed by atoms with E-state index < -0.39 is 6.04 Å². The van der Waals surface area contributed by atoms with Crippen molar-refractivity contribution >= 4 is 16.9 Å². The van der Waals surface area contributed by atoms with Crippen LogP contribution in [0.4, 0.5) is 0 Å². The van der Waals surface area contributed by atoms with Crippen LogP contribution in [0.3, 0.4) is 0 Å². The molecule has 6 heteroatoms. The van der Waals surface area contributed by atoms with Crippen molar-refractivity contribution in [1.82, 2.24) is 9.80 Å². The highest BCUT2D eigenvalue weighted by Gasteiger charge is 2.42. The normalized spacial score (nSPS) is 18.9. The summed E-state index contributed by atoms with van der Waals surface area (Å²) in [6, 6.07) is 15.0. The largest absolute Gasteiger partial charge is 0.450 e. The van der Waals surface area contributed by atoms with E-state index in [1.54, 1.807) is 12.1 Å². The number of carbonyl (C=O) groups excluding carboxylic acids is 1. The third-order valence-electron chi connectivity index (χ3n) is 6.77. The molecule has 33 heavy (non-hydrogen) atoms. The Labute approximate surface area is 193 Å². The van der Waals surface area contributed by atoms with Gasteiger partial charge < -0.3 is 14.1 Å². The predicted octanol–water partition coefficient (Wildman–Crippen LogP) is 4.18. The lowest BCUT2D eigenvalue weighted by Crippen LogP contribution is -2.38. The molecule has 1 aromatic heterocycles. The number of morpholine rings is 1. The molecule has 1 amide bonds. The van der Waals surface area contributed by atoms with E-state index in [-0.39, 0.29) is 17.1 Å². The molecule has 3 heterocycles. The minimum Gasteiger partial charge on any atom is -0.450 e. The van der Waals surface area contributed by atoms with Gasteiger partial charge in [0.15, 0.2) is 5.43 Å². The van der Waals surface area contributed by atoms with Crippen molar-refractivity contribution in [3.63, 3.8) is 0 Å². The Morgan fingerprint density at radius 2 is 1.70 bits per heavy atom. The van der Waals surface area contributed by atoms with Crippen LogP contribution in [0.25, 0.3) is 11.0 Å². The second kappa shape index (κ2) is 9.12. The molecule has 2 aliphatic heterocycles. The molecule has 6 nitrogen and oxygen atoms in total. The van der Waals surface area contributed by atoms with Gasteiger partial charge in [-0.3, -0.25) is 14.5 Å². The Bertz CT molecular complexity index is 1210. The summed E-state index contributed by atoms with van der Waals surface area (Å²) in [5.74, 6) is 0.394. The van der Waals surface area contributed by atoms with Crippen molar-refractivity contribution in [3.05, 3.63) is 81.2 Å². The molecule has 0 saturated carbocycles. The summed E-state index contributed by atoms with van der Waals surface area (Å²) in [6.45, 7) is 9.11. The first-order valence-corrected chi connectivity index (χ1v) is 11.8. The SMILES string of the molecule is CC(C)c1ccc([C@H]2c3c(oc4ccccc4c3=O)C(=O)N2CCCN2CCOCC2)cc1. The lowest BCUT2D eigenvalue weighted by molar-refractivity contribution is 0.0353. The van der Waals surface area contributed by atoms with Crippen LogP contribution < -0.4 is 5.43 Å². The van der Waals surface area contributed by atoms with E-state index in [4.69, 9.17) is 9.15 Å². The number of fused-ring (bicyclic) bond motifs is 2. The number of ether oxygens (including phenoxy) is 1. The quantitative estimate of drug-likeness (QED) is 0.568. The summed E-state index contributed by atoms with van der Waals surface area (Å²) in [6.07, 6.45) is 0.827. The summed E-state index contributed by atoms with van der Waals surface area (Å²) >= 11 is 0. The highest BCUT2D eigenvalue weighted by atomic mass is 16.5. The Kier molecular flexibility index (Phi) is 6.04. The average Bonchev–Trinajstić information content (AvgIpc) is 3.12. The number of rotatable bonds is 6. The fourth-order valence-electron chi connectivity index (χ4n) is 4.90. The third-order valence-corrected chi connectivity index (χ3v) is 6.77. The van der Waals surface area contributed by atoms with E-state index in [0.717, 1.165) is 44.8 Å². The number of hydrogen-bond acceptors (Lipinski definition) is 5. The summed E-state index contributed by atoms with van der Waals surface area (Å²) < 4.78 is 11.5. The maximum Gasteiger partial charge on any atom is 0.290 e. The van der Waals surface area contributed by atoms with Gasteiger partial charge in [-0.05, 0) is 35.6 Å². The Morgan fingerprint density at radius 3 is 2.42 bits per heavy atom. The van der Waals surface area contributed by atoms with Crippen molar-refractivity contribution in [2.24, 2.45) is 0 Å². The predicted molar refractivity (Wildman–Crippen MR) is 128 cm³/mol. The lowest BCUT2D eigenvalue weighted by atomic mass is 9.95. The molecule has 0 N–H and O–H groups in total. The van der Waals surface area contributed by atoms with Gasteiger partial charge in [-0.2, -0.15) is 0 Å². The van der Waals surface area contributed by atoms with Gasteiger partial charge in [-0.15, -0.1) is 0 Å². The van der Waals surface area contributed by atoms with E-state index in [0.29, 0.717) is 29.0 Å². The molecular weight excluding hydrogens is 416 g/mol. The first-order chi connectivity index (χ1) is 16.0. The molecule has 3 aromatic rings. The number of amides is 1. The monoisotopic (exact) mass is 446 g/mol. The van der Waals surface area contributed by atoms with E-state index in [1.807, 2.05) is 29.2 Å². The van der Waals surface area contributed by atoms with Crippen LogP contribution in [-0.2, 0) is 4.74 Å². The van der Waals surface area contributed by atoms with Gasteiger partial charge in [-0.1, -0.05) is 50.2 Å². The van der Waals surface area contributed by atoms with E-state index in [1.165, 1.54) is 5.56 Å². The van der Waals surface area contributed by atoms with E-state index in [9.17, 15) is 9.59 Å². The molecule has 0 spiro atoms. The molecular formula is C27H30N2O4. The van der Waals surface area contributed by atoms with Crippen LogP contribution >= 0.6 is 0 Å². The van der Waals surface area contributed by atoms with Crippen LogP contribution in [-0.4, -0.2) is 55.1 Å². The lowest BCUT2D eigenvalue weighted by Gasteiger charge is -2.29. The van der Waals surface area contributed by atoms with Crippen LogP contribution in [0, 0.1) is 0 Å². The number of hydrogen-bond donors (Lipinski definition) is 0. The number of nitrogens with zero attached hydrogens (tertiary/aromatic N) is 2. The second-order valence-corrected chi connectivity index (χ2v) is 9.20. The van der Waals surface area contributed by atoms with Crippen LogP contribution in [0.5, 0.6) is 0 Å². The summed E-state index contributed by atoms with van der Waals surface area (Å²) in [7, 11) is 0. The third kappa shape index (κ3) is 4.09. The summed E-state index contributed by atoms with van der Waals surface area (Å²) in [4.78, 5) is 31.2. The second-order valence-electron chi connectivity index (χ2n) is 9.20. The minimum atomic E-state index is -0.431. The number of benzene rings is 2. The zero-order valence-electron chi connectivity index (χ0n) is 19.3. The summed E-state index contributed by atoms with van der Waals surface area (Å²) in [5.41, 5.74) is 2.98. The van der Waals surface area contributed by atoms with Crippen molar-refractivity contribution < 1.29 is 13.9 Å². The molecule has 0 bridgehead atoms. The van der Waals surface area contributed by atoms with Crippen molar-refractivity contribution in [3.8, 4) is 0 Å². The van der Waals surface area contributed by atoms with Crippen LogP contribution in [0.15, 0.2) is 57.7 Å². The fourth-order valence-corrected chi connectivity index (χ4v) is 4.90. The molecule has 2 aromatic carbocycles. The smallest absolute Gasteiger partial charge is 0.290 e. The highest BCUT2D eigenvalue weighted by molar-refractivity contribution is 5.99. The zero-order valence-corrected chi connectivity index (χ0v) is 19.3. The first-order valence-electron chi connectivity index (χ1n) is 11.8. The molecule has 2 aliphatic rings. The topological polar surface area (TPSA) is 63.0 Å². The van der Waals surface area contributed by atoms with Crippen LogP contribution in [0.1, 0.15) is 59.5 Å². The van der Waals surface area contributed by atoms with Crippen LogP contribution in [0.2, 0.25) is 0 Å². The van der Waals surface area contributed by atoms with Gasteiger partial charge in [0.2, 0.25) is 5.76 Å². The van der Waals surface area contributed by atoms with Gasteiger partial charge in [0.1, 0.15) is 5.58 Å². The van der Waals surface area contributed by atoms with Crippen molar-refractivity contribution in [1.29, 1.82) is 0 Å². The Balaban J connectivity index is 1.52. The van der Waals surface area contributed by atoms with Gasteiger partial charge in [0.05, 0.1) is 30.2 Å². The summed E-state index contributed by atoms with van der Waals surface area (Å²) in [5, 5.41) is 0.517. The number of carbonyl (C=O) groups is 1. The van der Waals surface area contributed by atoms with Crippen molar-refractivity contribution in [2.75, 3.05) is 39.4 Å². The first kappa shape index (κ1) is 21.9. The van der Waals surface area contributed by atoms with Crippen molar-refractivity contribution in [2.45, 2.75) is 32.2 Å². The fraction of sp³-hybridized carbons (Fsp3) is 0.407. The van der Waals surface area contributed by atoms with Gasteiger partial charge in [-0.25, -0.2) is 0 Å². The van der Waals surface area contributed by atoms with Gasteiger partial charge in [0.25, 0.3) is 5.91 Å². The molecule has 1 atom stereocenters. The maximum atomic E-state index is 13.5. The van der Waals surface area contributed by atoms with E-state index in [2.05, 4.69) is 30.9 Å². The molecule has 0 radical (unpaired) electrons. The zero-order chi connectivity index (χ0) is 22.9. The maximum absolute atomic E-state index is 13.5. The average molecular weight is 447 g/mol. The standard InChI is InChI=1S/C27H30N2O4/c1-18(2)19-8-10-20(11-9-19)24-23-25(30)21-6-3-4-7-22(21)33-26(23)27(31)29(24)13-5-12-28-14-16-32-17-15-28/h3-4,6-11,18,24H,5,12-17H2,1-2H3/t24-/m0/s1. The molecule has 0 aliphatic carbocycles. The van der Waals surface area contributed by atoms with E-state index >= 15 is 0 Å². The Hall–Kier alpha value is -2.96. The molecule has 172 valence electrons. The number of para-hydroxylation sites is 1. The molecule has 1 fully saturated rings. The minimum absolute atomic E-state index is 0.117.